The van der Waals surface area contributed by atoms with E-state index in [0.29, 0.717) is 40.8 Å². The monoisotopic (exact) mass is 445 g/mol. The third-order valence-electron chi connectivity index (χ3n) is 5.40. The third-order valence-corrected chi connectivity index (χ3v) is 5.65. The van der Waals surface area contributed by atoms with E-state index in [2.05, 4.69) is 25.1 Å². The maximum atomic E-state index is 12.9. The molecule has 0 spiro atoms. The molecule has 0 atom stereocenters. The van der Waals surface area contributed by atoms with Crippen molar-refractivity contribution in [1.82, 2.24) is 30.0 Å². The number of rotatable bonds is 5. The van der Waals surface area contributed by atoms with Crippen molar-refractivity contribution in [3.63, 3.8) is 0 Å². The molecule has 2 aromatic carbocycles. The van der Waals surface area contributed by atoms with Gasteiger partial charge >= 0.3 is 0 Å². The van der Waals surface area contributed by atoms with Crippen molar-refractivity contribution in [2.45, 2.75) is 13.5 Å². The van der Waals surface area contributed by atoms with Crippen LogP contribution < -0.4 is 5.73 Å². The fourth-order valence-electron chi connectivity index (χ4n) is 3.76. The van der Waals surface area contributed by atoms with E-state index in [-0.39, 0.29) is 5.91 Å². The average Bonchev–Trinajstić information content (AvgIpc) is 3.48. The van der Waals surface area contributed by atoms with Gasteiger partial charge in [0.25, 0.3) is 5.91 Å². The van der Waals surface area contributed by atoms with Crippen LogP contribution in [0.1, 0.15) is 23.1 Å². The van der Waals surface area contributed by atoms with E-state index >= 15 is 0 Å². The number of H-pyrrole nitrogens is 2. The van der Waals surface area contributed by atoms with Crippen LogP contribution in [0.25, 0.3) is 33.2 Å². The Labute approximate surface area is 188 Å². The molecule has 32 heavy (non-hydrogen) atoms. The molecule has 0 fully saturated rings. The van der Waals surface area contributed by atoms with Crippen molar-refractivity contribution in [1.29, 1.82) is 0 Å². The molecular weight excluding hydrogens is 426 g/mol. The quantitative estimate of drug-likeness (QED) is 0.370. The predicted octanol–water partition coefficient (Wildman–Crippen LogP) is 4.40. The molecule has 0 unspecified atom stereocenters. The first kappa shape index (κ1) is 20.0. The minimum absolute atomic E-state index is 0.0933. The van der Waals surface area contributed by atoms with E-state index in [1.807, 2.05) is 31.2 Å². The molecule has 0 bridgehead atoms. The summed E-state index contributed by atoms with van der Waals surface area (Å²) in [7, 11) is 0. The number of fused-ring (bicyclic) bond motifs is 3. The van der Waals surface area contributed by atoms with Crippen molar-refractivity contribution >= 4 is 45.3 Å². The lowest BCUT2D eigenvalue weighted by molar-refractivity contribution is 0.0749. The first-order chi connectivity index (χ1) is 15.5. The Bertz CT molecular complexity index is 1420. The second-order valence-corrected chi connectivity index (χ2v) is 7.86. The van der Waals surface area contributed by atoms with Gasteiger partial charge < -0.3 is 15.6 Å². The number of hydrogen-bond acceptors (Lipinski definition) is 5. The number of nitrogens with one attached hydrogen (secondary N) is 2. The molecule has 0 aliphatic heterocycles. The van der Waals surface area contributed by atoms with E-state index < -0.39 is 0 Å². The van der Waals surface area contributed by atoms with Gasteiger partial charge in [-0.1, -0.05) is 17.7 Å². The normalized spacial score (nSPS) is 11.3. The van der Waals surface area contributed by atoms with Gasteiger partial charge in [-0.2, -0.15) is 5.10 Å². The van der Waals surface area contributed by atoms with E-state index in [1.54, 1.807) is 35.4 Å². The molecule has 5 rings (SSSR count). The number of benzene rings is 2. The summed E-state index contributed by atoms with van der Waals surface area (Å²) in [5.74, 6) is 0.881. The van der Waals surface area contributed by atoms with Gasteiger partial charge in [-0.05, 0) is 49.4 Å². The number of nitrogens with two attached hydrogens (primary N) is 1. The molecule has 0 aliphatic carbocycles. The number of amides is 1. The second kappa shape index (κ2) is 7.97. The fraction of sp³-hybridized carbons (Fsp3) is 0.130. The highest BCUT2D eigenvalue weighted by Crippen LogP contribution is 2.29. The molecule has 5 aromatic rings. The Morgan fingerprint density at radius 1 is 1.12 bits per heavy atom. The fourth-order valence-corrected chi connectivity index (χ4v) is 3.89. The van der Waals surface area contributed by atoms with Gasteiger partial charge in [0.05, 0.1) is 23.3 Å². The Hall–Kier alpha value is -3.91. The van der Waals surface area contributed by atoms with Crippen LogP contribution in [-0.2, 0) is 6.54 Å². The van der Waals surface area contributed by atoms with Crippen molar-refractivity contribution in [3.8, 4) is 11.3 Å². The highest BCUT2D eigenvalue weighted by atomic mass is 35.5. The Kier molecular flexibility index (Phi) is 4.99. The molecule has 9 heteroatoms. The molecule has 0 saturated heterocycles. The maximum absolute atomic E-state index is 12.9. The lowest BCUT2D eigenvalue weighted by Crippen LogP contribution is -2.30. The Morgan fingerprint density at radius 3 is 2.66 bits per heavy atom. The number of aromatic nitrogens is 5. The van der Waals surface area contributed by atoms with E-state index in [1.165, 1.54) is 0 Å². The van der Waals surface area contributed by atoms with Gasteiger partial charge in [-0.3, -0.25) is 9.89 Å². The van der Waals surface area contributed by atoms with Crippen LogP contribution in [0.4, 0.5) is 5.82 Å². The molecule has 1 amide bonds. The van der Waals surface area contributed by atoms with Gasteiger partial charge in [0, 0.05) is 34.3 Å². The van der Waals surface area contributed by atoms with E-state index in [9.17, 15) is 4.79 Å². The predicted molar refractivity (Wildman–Crippen MR) is 125 cm³/mol. The van der Waals surface area contributed by atoms with Crippen molar-refractivity contribution in [2.75, 3.05) is 12.3 Å². The van der Waals surface area contributed by atoms with Crippen LogP contribution in [0, 0.1) is 0 Å². The number of imidazole rings is 1. The van der Waals surface area contributed by atoms with Crippen LogP contribution in [0.3, 0.4) is 0 Å². The van der Waals surface area contributed by atoms with Crippen molar-refractivity contribution in [2.24, 2.45) is 0 Å². The first-order valence-corrected chi connectivity index (χ1v) is 10.5. The highest BCUT2D eigenvalue weighted by Gasteiger charge is 2.18. The van der Waals surface area contributed by atoms with Gasteiger partial charge in [0.2, 0.25) is 0 Å². The summed E-state index contributed by atoms with van der Waals surface area (Å²) in [5, 5.41) is 8.53. The number of nitrogens with zero attached hydrogens (tertiary/aromatic N) is 4. The molecule has 0 saturated carbocycles. The van der Waals surface area contributed by atoms with Crippen LogP contribution >= 0.6 is 11.6 Å². The van der Waals surface area contributed by atoms with Gasteiger partial charge in [0.15, 0.2) is 5.82 Å². The number of nitrogen functional groups attached to an aromatic ring is 1. The SMILES string of the molecule is CCN(Cc1nc2c(N)nc3cc(-c4cc[nH]n4)ccc3c2[nH]1)C(=O)c1ccc(Cl)cc1. The minimum Gasteiger partial charge on any atom is -0.382 e. The van der Waals surface area contributed by atoms with Gasteiger partial charge in [-0.15, -0.1) is 0 Å². The molecule has 3 heterocycles. The number of hydrogen-bond donors (Lipinski definition) is 3. The number of carbonyl (C=O) groups excluding carboxylic acids is 1. The van der Waals surface area contributed by atoms with Crippen LogP contribution in [0.15, 0.2) is 54.7 Å². The number of pyridine rings is 1. The largest absolute Gasteiger partial charge is 0.382 e. The molecule has 0 aliphatic rings. The molecule has 0 radical (unpaired) electrons. The summed E-state index contributed by atoms with van der Waals surface area (Å²) in [6, 6.07) is 14.7. The summed E-state index contributed by atoms with van der Waals surface area (Å²) in [6.45, 7) is 2.78. The minimum atomic E-state index is -0.0933. The zero-order valence-electron chi connectivity index (χ0n) is 17.3. The summed E-state index contributed by atoms with van der Waals surface area (Å²) in [6.07, 6.45) is 1.77. The lowest BCUT2D eigenvalue weighted by atomic mass is 10.1. The molecule has 160 valence electrons. The maximum Gasteiger partial charge on any atom is 0.254 e. The lowest BCUT2D eigenvalue weighted by Gasteiger charge is -2.19. The number of aromatic amines is 2. The van der Waals surface area contributed by atoms with E-state index in [4.69, 9.17) is 17.3 Å². The van der Waals surface area contributed by atoms with Crippen LogP contribution in [-0.4, -0.2) is 42.5 Å². The molecule has 4 N–H and O–H groups in total. The molecule has 3 aromatic heterocycles. The molecule has 8 nitrogen and oxygen atoms in total. The van der Waals surface area contributed by atoms with Crippen LogP contribution in [0.2, 0.25) is 5.02 Å². The zero-order valence-corrected chi connectivity index (χ0v) is 18.0. The van der Waals surface area contributed by atoms with Crippen LogP contribution in [0.5, 0.6) is 0 Å². The number of anilines is 1. The summed E-state index contributed by atoms with van der Waals surface area (Å²) in [4.78, 5) is 27.2. The third kappa shape index (κ3) is 3.54. The number of halogens is 1. The molecular formula is C23H20ClN7O. The topological polar surface area (TPSA) is 117 Å². The van der Waals surface area contributed by atoms with E-state index in [0.717, 1.165) is 27.7 Å². The second-order valence-electron chi connectivity index (χ2n) is 7.42. The van der Waals surface area contributed by atoms with Gasteiger partial charge in [0.1, 0.15) is 11.3 Å². The van der Waals surface area contributed by atoms with Crippen molar-refractivity contribution in [3.05, 3.63) is 71.1 Å². The van der Waals surface area contributed by atoms with Gasteiger partial charge in [-0.25, -0.2) is 9.97 Å². The summed E-state index contributed by atoms with van der Waals surface area (Å²) >= 11 is 5.94. The summed E-state index contributed by atoms with van der Waals surface area (Å²) < 4.78 is 0. The summed E-state index contributed by atoms with van der Waals surface area (Å²) in [5.41, 5.74) is 10.7. The Morgan fingerprint density at radius 2 is 1.94 bits per heavy atom. The average molecular weight is 446 g/mol. The Balaban J connectivity index is 1.50. The standard InChI is InChI=1S/C23H20ClN7O/c1-2-31(23(32)13-3-6-15(24)7-4-13)12-19-28-20-16-8-5-14(17-9-10-26-30-17)11-18(16)27-22(25)21(20)29-19/h3-11H,2,12H2,1H3,(H2,25,27)(H,26,30)(H,28,29). The zero-order chi connectivity index (χ0) is 22.2. The number of carbonyl (C=O) groups is 1. The van der Waals surface area contributed by atoms with Crippen molar-refractivity contribution < 1.29 is 4.79 Å². The highest BCUT2D eigenvalue weighted by molar-refractivity contribution is 6.30. The smallest absolute Gasteiger partial charge is 0.254 e. The first-order valence-electron chi connectivity index (χ1n) is 10.2.